The summed E-state index contributed by atoms with van der Waals surface area (Å²) in [6, 6.07) is 9.60. The van der Waals surface area contributed by atoms with Gasteiger partial charge in [-0.1, -0.05) is 45.0 Å². The van der Waals surface area contributed by atoms with Gasteiger partial charge >= 0.3 is 0 Å². The highest BCUT2D eigenvalue weighted by atomic mass is 35.5. The highest BCUT2D eigenvalue weighted by Gasteiger charge is 2.14. The van der Waals surface area contributed by atoms with E-state index < -0.39 is 0 Å². The highest BCUT2D eigenvalue weighted by Crippen LogP contribution is 2.22. The van der Waals surface area contributed by atoms with Gasteiger partial charge in [0.25, 0.3) is 0 Å². The number of alkyl halides is 1. The number of benzene rings is 1. The first-order valence-corrected chi connectivity index (χ1v) is 7.77. The van der Waals surface area contributed by atoms with Gasteiger partial charge in [0.1, 0.15) is 0 Å². The molecule has 2 heteroatoms. The van der Waals surface area contributed by atoms with Crippen LogP contribution < -0.4 is 0 Å². The van der Waals surface area contributed by atoms with E-state index in [0.29, 0.717) is 6.04 Å². The minimum Gasteiger partial charge on any atom is -0.297 e. The van der Waals surface area contributed by atoms with Crippen molar-refractivity contribution in [2.24, 2.45) is 0 Å². The van der Waals surface area contributed by atoms with Gasteiger partial charge in [-0.3, -0.25) is 4.90 Å². The lowest BCUT2D eigenvalue weighted by Gasteiger charge is -2.26. The van der Waals surface area contributed by atoms with Gasteiger partial charge in [-0.25, -0.2) is 0 Å². The largest absolute Gasteiger partial charge is 0.297 e. The van der Waals surface area contributed by atoms with Crippen LogP contribution in [0.1, 0.15) is 52.2 Å². The minimum atomic E-state index is 0.231. The predicted octanol–water partition coefficient (Wildman–Crippen LogP) is 4.82. The van der Waals surface area contributed by atoms with Crippen LogP contribution in [0.4, 0.5) is 0 Å². The van der Waals surface area contributed by atoms with Gasteiger partial charge in [0, 0.05) is 18.5 Å². The summed E-state index contributed by atoms with van der Waals surface area (Å²) in [6.07, 6.45) is 1.06. The molecule has 1 aromatic carbocycles. The monoisotopic (exact) mass is 281 g/mol. The number of rotatable bonds is 6. The second kappa shape index (κ2) is 7.31. The van der Waals surface area contributed by atoms with E-state index in [4.69, 9.17) is 11.6 Å². The summed E-state index contributed by atoms with van der Waals surface area (Å²) >= 11 is 5.80. The van der Waals surface area contributed by atoms with Crippen LogP contribution in [0.5, 0.6) is 0 Å². The SMILES string of the molecule is CC(C)N(CCCCl)Cc1ccc(C(C)(C)C)cc1. The molecule has 108 valence electrons. The molecule has 0 aliphatic carbocycles. The summed E-state index contributed by atoms with van der Waals surface area (Å²) in [7, 11) is 0. The first-order valence-electron chi connectivity index (χ1n) is 7.24. The molecule has 1 nitrogen and oxygen atoms in total. The Labute approximate surface area is 124 Å². The average Bonchev–Trinajstić information content (AvgIpc) is 2.33. The summed E-state index contributed by atoms with van der Waals surface area (Å²) in [5.74, 6) is 0.742. The quantitative estimate of drug-likeness (QED) is 0.676. The molecule has 0 radical (unpaired) electrons. The average molecular weight is 282 g/mol. The molecule has 0 heterocycles. The van der Waals surface area contributed by atoms with E-state index in [-0.39, 0.29) is 5.41 Å². The smallest absolute Gasteiger partial charge is 0.0236 e. The fraction of sp³-hybridized carbons (Fsp3) is 0.647. The van der Waals surface area contributed by atoms with E-state index in [0.717, 1.165) is 25.4 Å². The zero-order chi connectivity index (χ0) is 14.5. The van der Waals surface area contributed by atoms with E-state index in [1.54, 1.807) is 0 Å². The molecular formula is C17H28ClN. The molecule has 0 fully saturated rings. The van der Waals surface area contributed by atoms with E-state index in [1.807, 2.05) is 0 Å². The van der Waals surface area contributed by atoms with Crippen molar-refractivity contribution in [3.8, 4) is 0 Å². The van der Waals surface area contributed by atoms with Gasteiger partial charge in [0.05, 0.1) is 0 Å². The topological polar surface area (TPSA) is 3.24 Å². The molecule has 0 bridgehead atoms. The maximum absolute atomic E-state index is 5.80. The Morgan fingerprint density at radius 2 is 1.68 bits per heavy atom. The fourth-order valence-electron chi connectivity index (χ4n) is 2.13. The van der Waals surface area contributed by atoms with Gasteiger partial charge in [0.2, 0.25) is 0 Å². The Bertz CT molecular complexity index is 362. The normalized spacial score (nSPS) is 12.4. The van der Waals surface area contributed by atoms with Gasteiger partial charge in [-0.15, -0.1) is 11.6 Å². The standard InChI is InChI=1S/C17H28ClN/c1-14(2)19(12-6-11-18)13-15-7-9-16(10-8-15)17(3,4)5/h7-10,14H,6,11-13H2,1-5H3. The molecule has 1 aromatic rings. The highest BCUT2D eigenvalue weighted by molar-refractivity contribution is 6.17. The molecule has 0 aromatic heterocycles. The summed E-state index contributed by atoms with van der Waals surface area (Å²) < 4.78 is 0. The lowest BCUT2D eigenvalue weighted by molar-refractivity contribution is 0.214. The molecule has 0 saturated heterocycles. The Balaban J connectivity index is 2.69. The first-order chi connectivity index (χ1) is 8.84. The Kier molecular flexibility index (Phi) is 6.35. The third-order valence-corrected chi connectivity index (χ3v) is 3.78. The molecule has 0 atom stereocenters. The van der Waals surface area contributed by atoms with Crippen molar-refractivity contribution in [1.29, 1.82) is 0 Å². The van der Waals surface area contributed by atoms with Crippen molar-refractivity contribution in [3.05, 3.63) is 35.4 Å². The van der Waals surface area contributed by atoms with Gasteiger partial charge in [-0.05, 0) is 43.4 Å². The van der Waals surface area contributed by atoms with Crippen LogP contribution in [0, 0.1) is 0 Å². The van der Waals surface area contributed by atoms with Crippen molar-refractivity contribution in [3.63, 3.8) is 0 Å². The summed E-state index contributed by atoms with van der Waals surface area (Å²) in [6.45, 7) is 13.3. The number of hydrogen-bond acceptors (Lipinski definition) is 1. The van der Waals surface area contributed by atoms with E-state index in [2.05, 4.69) is 63.8 Å². The maximum Gasteiger partial charge on any atom is 0.0236 e. The first kappa shape index (κ1) is 16.5. The van der Waals surface area contributed by atoms with E-state index >= 15 is 0 Å². The van der Waals surface area contributed by atoms with Crippen molar-refractivity contribution >= 4 is 11.6 Å². The van der Waals surface area contributed by atoms with Crippen LogP contribution in [0.25, 0.3) is 0 Å². The van der Waals surface area contributed by atoms with Crippen molar-refractivity contribution in [1.82, 2.24) is 4.90 Å². The van der Waals surface area contributed by atoms with Gasteiger partial charge in [0.15, 0.2) is 0 Å². The molecule has 0 saturated carbocycles. The third-order valence-electron chi connectivity index (χ3n) is 3.51. The van der Waals surface area contributed by atoms with Gasteiger partial charge in [-0.2, -0.15) is 0 Å². The summed E-state index contributed by atoms with van der Waals surface area (Å²) in [5, 5.41) is 0. The zero-order valence-electron chi connectivity index (χ0n) is 13.0. The Morgan fingerprint density at radius 3 is 2.11 bits per heavy atom. The molecule has 0 N–H and O–H groups in total. The Morgan fingerprint density at radius 1 is 1.11 bits per heavy atom. The van der Waals surface area contributed by atoms with Crippen LogP contribution in [-0.4, -0.2) is 23.4 Å². The van der Waals surface area contributed by atoms with Crippen molar-refractivity contribution in [2.75, 3.05) is 12.4 Å². The number of hydrogen-bond donors (Lipinski definition) is 0. The van der Waals surface area contributed by atoms with E-state index in [9.17, 15) is 0 Å². The lowest BCUT2D eigenvalue weighted by Crippen LogP contribution is -2.31. The minimum absolute atomic E-state index is 0.231. The maximum atomic E-state index is 5.80. The molecule has 0 amide bonds. The zero-order valence-corrected chi connectivity index (χ0v) is 13.8. The molecular weight excluding hydrogens is 254 g/mol. The molecule has 0 aliphatic rings. The molecule has 0 spiro atoms. The third kappa shape index (κ3) is 5.54. The van der Waals surface area contributed by atoms with Crippen molar-refractivity contribution in [2.45, 2.75) is 59.0 Å². The second-order valence-corrected chi connectivity index (χ2v) is 6.93. The molecule has 1 rings (SSSR count). The van der Waals surface area contributed by atoms with Crippen molar-refractivity contribution < 1.29 is 0 Å². The van der Waals surface area contributed by atoms with Crippen LogP contribution in [-0.2, 0) is 12.0 Å². The van der Waals surface area contributed by atoms with Crippen LogP contribution in [0.15, 0.2) is 24.3 Å². The lowest BCUT2D eigenvalue weighted by atomic mass is 9.87. The van der Waals surface area contributed by atoms with Crippen LogP contribution >= 0.6 is 11.6 Å². The van der Waals surface area contributed by atoms with Crippen LogP contribution in [0.2, 0.25) is 0 Å². The fourth-order valence-corrected chi connectivity index (χ4v) is 2.25. The second-order valence-electron chi connectivity index (χ2n) is 6.55. The molecule has 0 aliphatic heterocycles. The van der Waals surface area contributed by atoms with Gasteiger partial charge < -0.3 is 0 Å². The number of halogens is 1. The molecule has 0 unspecified atom stereocenters. The van der Waals surface area contributed by atoms with Crippen LogP contribution in [0.3, 0.4) is 0 Å². The summed E-state index contributed by atoms with van der Waals surface area (Å²) in [4.78, 5) is 2.48. The number of nitrogens with zero attached hydrogens (tertiary/aromatic N) is 1. The molecule has 19 heavy (non-hydrogen) atoms. The summed E-state index contributed by atoms with van der Waals surface area (Å²) in [5.41, 5.74) is 3.01. The van der Waals surface area contributed by atoms with E-state index in [1.165, 1.54) is 11.1 Å². The Hall–Kier alpha value is -0.530. The predicted molar refractivity (Wildman–Crippen MR) is 86.0 cm³/mol.